The van der Waals surface area contributed by atoms with E-state index in [9.17, 15) is 5.11 Å². The van der Waals surface area contributed by atoms with Crippen LogP contribution < -0.4 is 5.32 Å². The Hall–Kier alpha value is -2.04. The van der Waals surface area contributed by atoms with Gasteiger partial charge >= 0.3 is 0 Å². The average molecular weight is 285 g/mol. The first-order chi connectivity index (χ1) is 10.2. The van der Waals surface area contributed by atoms with E-state index in [4.69, 9.17) is 8.83 Å². The highest BCUT2D eigenvalue weighted by Crippen LogP contribution is 2.29. The van der Waals surface area contributed by atoms with Crippen LogP contribution in [0.1, 0.15) is 36.2 Å². The van der Waals surface area contributed by atoms with Crippen LogP contribution in [0.3, 0.4) is 0 Å². The Morgan fingerprint density at radius 2 is 2.00 bits per heavy atom. The van der Waals surface area contributed by atoms with E-state index < -0.39 is 6.10 Å². The zero-order valence-electron chi connectivity index (χ0n) is 12.2. The highest BCUT2D eigenvalue weighted by molar-refractivity contribution is 5.82. The largest absolute Gasteiger partial charge is 0.467 e. The molecular weight excluding hydrogens is 266 g/mol. The molecule has 2 atom stereocenters. The molecule has 4 nitrogen and oxygen atoms in total. The van der Waals surface area contributed by atoms with Gasteiger partial charge in [0.1, 0.15) is 23.2 Å². The van der Waals surface area contributed by atoms with E-state index in [0.717, 1.165) is 22.3 Å². The number of rotatable bonds is 5. The molecule has 2 unspecified atom stereocenters. The second kappa shape index (κ2) is 5.76. The number of aliphatic hydroxyl groups is 1. The predicted molar refractivity (Wildman–Crippen MR) is 81.0 cm³/mol. The number of para-hydroxylation sites is 1. The number of hydrogen-bond donors (Lipinski definition) is 2. The van der Waals surface area contributed by atoms with Gasteiger partial charge in [-0.1, -0.05) is 18.2 Å². The van der Waals surface area contributed by atoms with Crippen molar-refractivity contribution >= 4 is 11.0 Å². The number of nitrogens with one attached hydrogen (secondary N) is 1. The molecule has 0 radical (unpaired) electrons. The Morgan fingerprint density at radius 3 is 2.71 bits per heavy atom. The zero-order chi connectivity index (χ0) is 14.8. The summed E-state index contributed by atoms with van der Waals surface area (Å²) in [5, 5.41) is 14.4. The first kappa shape index (κ1) is 13.9. The van der Waals surface area contributed by atoms with Crippen LogP contribution in [0, 0.1) is 6.92 Å². The Kier molecular flexibility index (Phi) is 3.82. The summed E-state index contributed by atoms with van der Waals surface area (Å²) in [4.78, 5) is 0. The van der Waals surface area contributed by atoms with Gasteiger partial charge in [0.05, 0.1) is 12.3 Å². The van der Waals surface area contributed by atoms with Crippen molar-refractivity contribution in [2.24, 2.45) is 0 Å². The molecule has 3 rings (SSSR count). The molecule has 2 heterocycles. The standard InChI is InChI=1S/C17H19NO3/c1-11-13-6-3-4-7-15(13)21-17(11)12(2)18-10-14(19)16-8-5-9-20-16/h3-9,12,14,18-19H,10H2,1-2H3. The molecule has 0 amide bonds. The van der Waals surface area contributed by atoms with E-state index >= 15 is 0 Å². The first-order valence-corrected chi connectivity index (χ1v) is 7.09. The molecule has 2 aromatic heterocycles. The van der Waals surface area contributed by atoms with Crippen molar-refractivity contribution in [1.82, 2.24) is 5.32 Å². The molecule has 0 aliphatic carbocycles. The van der Waals surface area contributed by atoms with Crippen molar-refractivity contribution < 1.29 is 13.9 Å². The smallest absolute Gasteiger partial charge is 0.134 e. The van der Waals surface area contributed by atoms with Crippen LogP contribution in [0.2, 0.25) is 0 Å². The maximum absolute atomic E-state index is 10.0. The summed E-state index contributed by atoms with van der Waals surface area (Å²) in [7, 11) is 0. The van der Waals surface area contributed by atoms with Crippen LogP contribution in [-0.4, -0.2) is 11.7 Å². The van der Waals surface area contributed by atoms with Gasteiger partial charge in [-0.15, -0.1) is 0 Å². The van der Waals surface area contributed by atoms with Gasteiger partial charge in [-0.2, -0.15) is 0 Å². The summed E-state index contributed by atoms with van der Waals surface area (Å²) in [6.45, 7) is 4.49. The van der Waals surface area contributed by atoms with Gasteiger partial charge in [0.15, 0.2) is 0 Å². The molecule has 0 spiro atoms. The van der Waals surface area contributed by atoms with Crippen LogP contribution in [0.15, 0.2) is 51.5 Å². The number of benzene rings is 1. The summed E-state index contributed by atoms with van der Waals surface area (Å²) < 4.78 is 11.1. The third kappa shape index (κ3) is 2.73. The second-order valence-corrected chi connectivity index (χ2v) is 5.25. The minimum atomic E-state index is -0.660. The van der Waals surface area contributed by atoms with Gasteiger partial charge < -0.3 is 19.3 Å². The summed E-state index contributed by atoms with van der Waals surface area (Å²) in [6.07, 6.45) is 0.901. The predicted octanol–water partition coefficient (Wildman–Crippen LogP) is 3.72. The van der Waals surface area contributed by atoms with E-state index in [1.54, 1.807) is 18.4 Å². The van der Waals surface area contributed by atoms with Gasteiger partial charge in [-0.05, 0) is 37.6 Å². The minimum absolute atomic E-state index is 0.0158. The van der Waals surface area contributed by atoms with E-state index in [1.807, 2.05) is 25.1 Å². The normalized spacial score (nSPS) is 14.4. The summed E-state index contributed by atoms with van der Waals surface area (Å²) in [5.41, 5.74) is 2.03. The summed E-state index contributed by atoms with van der Waals surface area (Å²) >= 11 is 0. The molecule has 4 heteroatoms. The number of furan rings is 2. The molecule has 1 aromatic carbocycles. The van der Waals surface area contributed by atoms with Gasteiger partial charge in [-0.25, -0.2) is 0 Å². The topological polar surface area (TPSA) is 58.5 Å². The molecule has 0 saturated heterocycles. The lowest BCUT2D eigenvalue weighted by atomic mass is 10.1. The van der Waals surface area contributed by atoms with E-state index in [-0.39, 0.29) is 6.04 Å². The quantitative estimate of drug-likeness (QED) is 0.750. The first-order valence-electron chi connectivity index (χ1n) is 7.09. The molecule has 0 aliphatic heterocycles. The number of fused-ring (bicyclic) bond motifs is 1. The Morgan fingerprint density at radius 1 is 1.19 bits per heavy atom. The fraction of sp³-hybridized carbons (Fsp3) is 0.294. The fourth-order valence-electron chi connectivity index (χ4n) is 2.57. The van der Waals surface area contributed by atoms with Gasteiger partial charge in [-0.3, -0.25) is 0 Å². The van der Waals surface area contributed by atoms with E-state index in [1.165, 1.54) is 0 Å². The van der Waals surface area contributed by atoms with Crippen LogP contribution in [-0.2, 0) is 0 Å². The molecule has 0 aliphatic rings. The van der Waals surface area contributed by atoms with Crippen LogP contribution in [0.25, 0.3) is 11.0 Å². The van der Waals surface area contributed by atoms with Gasteiger partial charge in [0, 0.05) is 11.9 Å². The van der Waals surface area contributed by atoms with Crippen molar-refractivity contribution in [2.45, 2.75) is 26.0 Å². The molecule has 0 fully saturated rings. The second-order valence-electron chi connectivity index (χ2n) is 5.25. The SMILES string of the molecule is Cc1c(C(C)NCC(O)c2ccco2)oc2ccccc12. The van der Waals surface area contributed by atoms with Crippen molar-refractivity contribution in [3.8, 4) is 0 Å². The Balaban J connectivity index is 1.72. The van der Waals surface area contributed by atoms with Crippen molar-refractivity contribution in [3.05, 3.63) is 59.7 Å². The maximum Gasteiger partial charge on any atom is 0.134 e. The fourth-order valence-corrected chi connectivity index (χ4v) is 2.57. The summed E-state index contributed by atoms with van der Waals surface area (Å²) in [5.74, 6) is 1.47. The van der Waals surface area contributed by atoms with Crippen molar-refractivity contribution in [2.75, 3.05) is 6.54 Å². The Bertz CT molecular complexity index is 715. The average Bonchev–Trinajstić information content (AvgIpc) is 3.13. The van der Waals surface area contributed by atoms with Gasteiger partial charge in [0.2, 0.25) is 0 Å². The monoisotopic (exact) mass is 285 g/mol. The number of aliphatic hydroxyl groups excluding tert-OH is 1. The molecule has 110 valence electrons. The van der Waals surface area contributed by atoms with E-state index in [0.29, 0.717) is 12.3 Å². The minimum Gasteiger partial charge on any atom is -0.467 e. The van der Waals surface area contributed by atoms with Crippen molar-refractivity contribution in [1.29, 1.82) is 0 Å². The van der Waals surface area contributed by atoms with Crippen LogP contribution >= 0.6 is 0 Å². The molecule has 0 bridgehead atoms. The Labute approximate surface area is 123 Å². The molecular formula is C17H19NO3. The summed E-state index contributed by atoms with van der Waals surface area (Å²) in [6, 6.07) is 11.6. The number of aryl methyl sites for hydroxylation is 1. The van der Waals surface area contributed by atoms with E-state index in [2.05, 4.69) is 18.3 Å². The molecule has 3 aromatic rings. The molecule has 2 N–H and O–H groups in total. The van der Waals surface area contributed by atoms with Crippen LogP contribution in [0.5, 0.6) is 0 Å². The lowest BCUT2D eigenvalue weighted by Crippen LogP contribution is -2.24. The molecule has 21 heavy (non-hydrogen) atoms. The highest BCUT2D eigenvalue weighted by atomic mass is 16.4. The highest BCUT2D eigenvalue weighted by Gasteiger charge is 2.18. The third-order valence-corrected chi connectivity index (χ3v) is 3.76. The lowest BCUT2D eigenvalue weighted by molar-refractivity contribution is 0.143. The van der Waals surface area contributed by atoms with Crippen LogP contribution in [0.4, 0.5) is 0 Å². The third-order valence-electron chi connectivity index (χ3n) is 3.76. The van der Waals surface area contributed by atoms with Gasteiger partial charge in [0.25, 0.3) is 0 Å². The lowest BCUT2D eigenvalue weighted by Gasteiger charge is -2.15. The maximum atomic E-state index is 10.0. The van der Waals surface area contributed by atoms with Crippen molar-refractivity contribution in [3.63, 3.8) is 0 Å². The zero-order valence-corrected chi connectivity index (χ0v) is 12.2. The number of hydrogen-bond acceptors (Lipinski definition) is 4. The molecule has 0 saturated carbocycles.